The molecule has 2 heterocycles. The number of hydrogen-bond acceptors (Lipinski definition) is 6. The van der Waals surface area contributed by atoms with E-state index in [1.165, 1.54) is 24.3 Å². The van der Waals surface area contributed by atoms with Crippen LogP contribution in [0.2, 0.25) is 0 Å². The van der Waals surface area contributed by atoms with Crippen LogP contribution in [-0.4, -0.2) is 43.7 Å². The first-order valence-corrected chi connectivity index (χ1v) is 5.35. The average Bonchev–Trinajstić information content (AvgIpc) is 2.39. The molecule has 1 saturated heterocycles. The van der Waals surface area contributed by atoms with Crippen molar-refractivity contribution in [2.45, 2.75) is 0 Å². The molecule has 0 aliphatic carbocycles. The fourth-order valence-corrected chi connectivity index (χ4v) is 1.68. The van der Waals surface area contributed by atoms with Crippen molar-refractivity contribution in [2.24, 2.45) is 0 Å². The van der Waals surface area contributed by atoms with Gasteiger partial charge in [0.1, 0.15) is 18.0 Å². The van der Waals surface area contributed by atoms with Crippen LogP contribution in [-0.2, 0) is 14.3 Å². The molecular formula is C11H13N3O4. The number of hydrogen-bond donors (Lipinski definition) is 1. The number of aromatic nitrogens is 1. The third kappa shape index (κ3) is 2.25. The minimum Gasteiger partial charge on any atom is -0.465 e. The van der Waals surface area contributed by atoms with Gasteiger partial charge in [-0.05, 0) is 6.07 Å². The van der Waals surface area contributed by atoms with E-state index in [-0.39, 0.29) is 23.9 Å². The van der Waals surface area contributed by atoms with Crippen LogP contribution in [0.3, 0.4) is 0 Å². The Balaban J connectivity index is 2.34. The summed E-state index contributed by atoms with van der Waals surface area (Å²) in [6.45, 7) is 0.895. The molecule has 0 unspecified atom stereocenters. The number of rotatable bonds is 2. The Kier molecular flexibility index (Phi) is 3.42. The molecule has 1 aliphatic heterocycles. The van der Waals surface area contributed by atoms with Crippen molar-refractivity contribution >= 4 is 23.4 Å². The number of pyridine rings is 1. The summed E-state index contributed by atoms with van der Waals surface area (Å²) >= 11 is 0. The Morgan fingerprint density at radius 3 is 3.06 bits per heavy atom. The number of carbonyl (C=O) groups is 2. The summed E-state index contributed by atoms with van der Waals surface area (Å²) in [6, 6.07) is 1.50. The maximum absolute atomic E-state index is 11.7. The predicted octanol–water partition coefficient (Wildman–Crippen LogP) is -0.186. The van der Waals surface area contributed by atoms with E-state index in [1.807, 2.05) is 0 Å². The topological polar surface area (TPSA) is 94.7 Å². The number of morpholine rings is 1. The zero-order chi connectivity index (χ0) is 13.1. The molecule has 2 rings (SSSR count). The second-order valence-corrected chi connectivity index (χ2v) is 3.72. The molecule has 18 heavy (non-hydrogen) atoms. The minimum absolute atomic E-state index is 0.0257. The van der Waals surface area contributed by atoms with Crippen molar-refractivity contribution in [1.29, 1.82) is 0 Å². The van der Waals surface area contributed by atoms with Crippen LogP contribution in [0.4, 0.5) is 11.5 Å². The number of nitrogens with two attached hydrogens (primary N) is 1. The van der Waals surface area contributed by atoms with Crippen LogP contribution in [0.5, 0.6) is 0 Å². The van der Waals surface area contributed by atoms with Crippen LogP contribution < -0.4 is 10.6 Å². The molecule has 1 amide bonds. The highest BCUT2D eigenvalue weighted by molar-refractivity contribution is 5.98. The predicted molar refractivity (Wildman–Crippen MR) is 63.2 cm³/mol. The Labute approximate surface area is 103 Å². The van der Waals surface area contributed by atoms with Crippen molar-refractivity contribution in [3.05, 3.63) is 17.8 Å². The third-order valence-corrected chi connectivity index (χ3v) is 2.61. The van der Waals surface area contributed by atoms with Crippen LogP contribution >= 0.6 is 0 Å². The summed E-state index contributed by atoms with van der Waals surface area (Å²) < 4.78 is 9.63. The summed E-state index contributed by atoms with van der Waals surface area (Å²) in [7, 11) is 1.26. The van der Waals surface area contributed by atoms with Gasteiger partial charge in [0.25, 0.3) is 5.91 Å². The van der Waals surface area contributed by atoms with Gasteiger partial charge >= 0.3 is 5.97 Å². The summed E-state index contributed by atoms with van der Waals surface area (Å²) in [6.07, 6.45) is 1.45. The van der Waals surface area contributed by atoms with E-state index in [0.717, 1.165) is 0 Å². The molecule has 2 N–H and O–H groups in total. The number of nitrogens with zero attached hydrogens (tertiary/aromatic N) is 2. The summed E-state index contributed by atoms with van der Waals surface area (Å²) in [4.78, 5) is 28.5. The zero-order valence-electron chi connectivity index (χ0n) is 9.88. The van der Waals surface area contributed by atoms with Crippen molar-refractivity contribution in [1.82, 2.24) is 4.98 Å². The lowest BCUT2D eigenvalue weighted by molar-refractivity contribution is -0.125. The molecule has 1 aromatic heterocycles. The van der Waals surface area contributed by atoms with Crippen molar-refractivity contribution in [3.63, 3.8) is 0 Å². The first-order valence-electron chi connectivity index (χ1n) is 5.35. The lowest BCUT2D eigenvalue weighted by Gasteiger charge is -2.26. The maximum atomic E-state index is 11.7. The number of esters is 1. The van der Waals surface area contributed by atoms with Crippen LogP contribution in [0.1, 0.15) is 10.4 Å². The number of ether oxygens (including phenoxy) is 2. The fraction of sp³-hybridized carbons (Fsp3) is 0.364. The highest BCUT2D eigenvalue weighted by Gasteiger charge is 2.22. The molecule has 7 nitrogen and oxygen atoms in total. The molecular weight excluding hydrogens is 238 g/mol. The van der Waals surface area contributed by atoms with Crippen LogP contribution in [0.15, 0.2) is 12.3 Å². The SMILES string of the molecule is COC(=O)c1cc(N2CCOCC2=O)cnc1N. The molecule has 1 aliphatic rings. The molecule has 0 radical (unpaired) electrons. The summed E-state index contributed by atoms with van der Waals surface area (Å²) in [5.74, 6) is -0.683. The quantitative estimate of drug-likeness (QED) is 0.732. The van der Waals surface area contributed by atoms with E-state index in [0.29, 0.717) is 18.8 Å². The van der Waals surface area contributed by atoms with Gasteiger partial charge in [-0.25, -0.2) is 9.78 Å². The molecule has 0 bridgehead atoms. The normalized spacial score (nSPS) is 15.6. The minimum atomic E-state index is -0.581. The Bertz CT molecular complexity index is 489. The molecule has 96 valence electrons. The first kappa shape index (κ1) is 12.3. The average molecular weight is 251 g/mol. The van der Waals surface area contributed by atoms with Crippen LogP contribution in [0, 0.1) is 0 Å². The smallest absolute Gasteiger partial charge is 0.341 e. The van der Waals surface area contributed by atoms with Gasteiger partial charge < -0.3 is 20.1 Å². The Hall–Kier alpha value is -2.15. The molecule has 0 spiro atoms. The Morgan fingerprint density at radius 2 is 2.39 bits per heavy atom. The van der Waals surface area contributed by atoms with Crippen LogP contribution in [0.25, 0.3) is 0 Å². The number of methoxy groups -OCH3 is 1. The summed E-state index contributed by atoms with van der Waals surface area (Å²) in [5.41, 5.74) is 6.25. The molecule has 1 fully saturated rings. The number of anilines is 2. The van der Waals surface area contributed by atoms with Gasteiger partial charge in [-0.15, -0.1) is 0 Å². The molecule has 1 aromatic rings. The highest BCUT2D eigenvalue weighted by Crippen LogP contribution is 2.20. The standard InChI is InChI=1S/C11H13N3O4/c1-17-11(16)8-4-7(5-13-10(8)12)14-2-3-18-6-9(14)15/h4-5H,2-3,6H2,1H3,(H2,12,13). The summed E-state index contributed by atoms with van der Waals surface area (Å²) in [5, 5.41) is 0. The fourth-order valence-electron chi connectivity index (χ4n) is 1.68. The van der Waals surface area contributed by atoms with Gasteiger partial charge in [-0.2, -0.15) is 0 Å². The van der Waals surface area contributed by atoms with E-state index >= 15 is 0 Å². The van der Waals surface area contributed by atoms with E-state index in [1.54, 1.807) is 0 Å². The second-order valence-electron chi connectivity index (χ2n) is 3.72. The largest absolute Gasteiger partial charge is 0.465 e. The third-order valence-electron chi connectivity index (χ3n) is 2.61. The van der Waals surface area contributed by atoms with E-state index in [4.69, 9.17) is 10.5 Å². The Morgan fingerprint density at radius 1 is 1.61 bits per heavy atom. The lowest BCUT2D eigenvalue weighted by atomic mass is 10.2. The molecule has 0 aromatic carbocycles. The number of carbonyl (C=O) groups excluding carboxylic acids is 2. The highest BCUT2D eigenvalue weighted by atomic mass is 16.5. The van der Waals surface area contributed by atoms with Gasteiger partial charge in [-0.3, -0.25) is 4.79 Å². The van der Waals surface area contributed by atoms with Gasteiger partial charge in [-0.1, -0.05) is 0 Å². The monoisotopic (exact) mass is 251 g/mol. The maximum Gasteiger partial charge on any atom is 0.341 e. The van der Waals surface area contributed by atoms with Gasteiger partial charge in [0.15, 0.2) is 0 Å². The lowest BCUT2D eigenvalue weighted by Crippen LogP contribution is -2.41. The zero-order valence-corrected chi connectivity index (χ0v) is 9.88. The number of amides is 1. The molecule has 0 saturated carbocycles. The van der Waals surface area contributed by atoms with Crippen molar-refractivity contribution in [3.8, 4) is 0 Å². The van der Waals surface area contributed by atoms with E-state index < -0.39 is 5.97 Å². The van der Waals surface area contributed by atoms with E-state index in [2.05, 4.69) is 9.72 Å². The van der Waals surface area contributed by atoms with Gasteiger partial charge in [0, 0.05) is 6.54 Å². The molecule has 0 atom stereocenters. The molecule has 7 heteroatoms. The van der Waals surface area contributed by atoms with E-state index in [9.17, 15) is 9.59 Å². The first-order chi connectivity index (χ1) is 8.63. The second kappa shape index (κ2) is 5.01. The van der Waals surface area contributed by atoms with Crippen molar-refractivity contribution in [2.75, 3.05) is 37.5 Å². The van der Waals surface area contributed by atoms with Crippen molar-refractivity contribution < 1.29 is 19.1 Å². The van der Waals surface area contributed by atoms with Gasteiger partial charge in [0.2, 0.25) is 0 Å². The van der Waals surface area contributed by atoms with Gasteiger partial charge in [0.05, 0.1) is 25.6 Å². The number of nitrogen functional groups attached to an aromatic ring is 1.